The van der Waals surface area contributed by atoms with E-state index in [0.29, 0.717) is 4.88 Å². The van der Waals surface area contributed by atoms with E-state index in [0.717, 1.165) is 22.6 Å². The molecule has 0 aliphatic carbocycles. The zero-order valence-electron chi connectivity index (χ0n) is 9.80. The molecule has 2 aromatic rings. The number of hydrogen-bond acceptors (Lipinski definition) is 2. The Morgan fingerprint density at radius 2 is 1.83 bits per heavy atom. The first kappa shape index (κ1) is 13.6. The molecular weight excluding hydrogens is 322 g/mol. The highest BCUT2D eigenvalue weighted by molar-refractivity contribution is 9.10. The summed E-state index contributed by atoms with van der Waals surface area (Å²) in [5, 5.41) is 10.1. The van der Waals surface area contributed by atoms with Gasteiger partial charge in [0.25, 0.3) is 0 Å². The first-order valence-corrected chi connectivity index (χ1v) is 6.90. The van der Waals surface area contributed by atoms with Gasteiger partial charge in [-0.3, -0.25) is 0 Å². The van der Waals surface area contributed by atoms with Crippen LogP contribution in [0.25, 0.3) is 0 Å². The van der Waals surface area contributed by atoms with Crippen molar-refractivity contribution in [2.45, 2.75) is 20.0 Å². The Morgan fingerprint density at radius 1 is 1.17 bits per heavy atom. The van der Waals surface area contributed by atoms with Crippen molar-refractivity contribution in [3.05, 3.63) is 55.2 Å². The Balaban J connectivity index is 2.45. The fraction of sp³-hybridized carbons (Fsp3) is 0.231. The van der Waals surface area contributed by atoms with Crippen molar-refractivity contribution in [2.75, 3.05) is 0 Å². The number of aryl methyl sites for hydroxylation is 2. The summed E-state index contributed by atoms with van der Waals surface area (Å²) in [5.74, 6) is -1.21. The van der Waals surface area contributed by atoms with E-state index in [1.54, 1.807) is 6.07 Å². The van der Waals surface area contributed by atoms with E-state index in [-0.39, 0.29) is 10.0 Å². The van der Waals surface area contributed by atoms with Crippen LogP contribution in [0.1, 0.15) is 27.0 Å². The van der Waals surface area contributed by atoms with Gasteiger partial charge in [-0.1, -0.05) is 0 Å². The highest BCUT2D eigenvalue weighted by atomic mass is 79.9. The lowest BCUT2D eigenvalue weighted by Gasteiger charge is -2.11. The third-order valence-corrected chi connectivity index (χ3v) is 4.60. The van der Waals surface area contributed by atoms with Crippen LogP contribution in [0.5, 0.6) is 0 Å². The topological polar surface area (TPSA) is 20.2 Å². The standard InChI is InChI=1S/C13H11BrF2OS/c1-6-3-12(18-7(6)2)13(17)8-4-11(16)9(14)5-10(8)15/h3-5,13,17H,1-2H3. The quantitative estimate of drug-likeness (QED) is 0.803. The number of halogens is 3. The monoisotopic (exact) mass is 332 g/mol. The lowest BCUT2D eigenvalue weighted by atomic mass is 10.1. The van der Waals surface area contributed by atoms with Gasteiger partial charge in [-0.05, 0) is 53.5 Å². The molecule has 0 radical (unpaired) electrons. The van der Waals surface area contributed by atoms with E-state index in [9.17, 15) is 13.9 Å². The predicted octanol–water partition coefficient (Wildman–Crippen LogP) is 4.49. The van der Waals surface area contributed by atoms with Crippen molar-refractivity contribution in [3.8, 4) is 0 Å². The van der Waals surface area contributed by atoms with Gasteiger partial charge in [-0.2, -0.15) is 0 Å². The van der Waals surface area contributed by atoms with Crippen molar-refractivity contribution < 1.29 is 13.9 Å². The number of hydrogen-bond donors (Lipinski definition) is 1. The van der Waals surface area contributed by atoms with Crippen LogP contribution in [0.15, 0.2) is 22.7 Å². The predicted molar refractivity (Wildman–Crippen MR) is 71.9 cm³/mol. The van der Waals surface area contributed by atoms with Crippen LogP contribution in [-0.2, 0) is 0 Å². The maximum Gasteiger partial charge on any atom is 0.137 e. The van der Waals surface area contributed by atoms with Gasteiger partial charge in [0.15, 0.2) is 0 Å². The van der Waals surface area contributed by atoms with Gasteiger partial charge >= 0.3 is 0 Å². The summed E-state index contributed by atoms with van der Waals surface area (Å²) in [5.41, 5.74) is 0.990. The van der Waals surface area contributed by atoms with Crippen LogP contribution < -0.4 is 0 Å². The second-order valence-electron chi connectivity index (χ2n) is 4.08. The molecule has 0 bridgehead atoms. The fourth-order valence-electron chi connectivity index (χ4n) is 1.64. The molecule has 5 heteroatoms. The number of rotatable bonds is 2. The third-order valence-electron chi connectivity index (χ3n) is 2.79. The maximum atomic E-state index is 13.7. The van der Waals surface area contributed by atoms with Gasteiger partial charge in [0.2, 0.25) is 0 Å². The second-order valence-corrected chi connectivity index (χ2v) is 6.22. The zero-order chi connectivity index (χ0) is 13.4. The number of aliphatic hydroxyl groups is 1. The second kappa shape index (κ2) is 5.07. The van der Waals surface area contributed by atoms with Crippen LogP contribution >= 0.6 is 27.3 Å². The summed E-state index contributed by atoms with van der Waals surface area (Å²) in [6.45, 7) is 3.84. The summed E-state index contributed by atoms with van der Waals surface area (Å²) in [6.07, 6.45) is -1.13. The van der Waals surface area contributed by atoms with Crippen molar-refractivity contribution in [2.24, 2.45) is 0 Å². The van der Waals surface area contributed by atoms with Gasteiger partial charge in [-0.15, -0.1) is 11.3 Å². The van der Waals surface area contributed by atoms with Crippen LogP contribution in [0.2, 0.25) is 0 Å². The van der Waals surface area contributed by atoms with Crippen molar-refractivity contribution in [1.82, 2.24) is 0 Å². The Bertz CT molecular complexity index is 575. The molecule has 1 nitrogen and oxygen atoms in total. The molecule has 1 atom stereocenters. The molecule has 1 N–H and O–H groups in total. The average molecular weight is 333 g/mol. The van der Waals surface area contributed by atoms with E-state index in [1.807, 2.05) is 13.8 Å². The van der Waals surface area contributed by atoms with Gasteiger partial charge in [0, 0.05) is 15.3 Å². The molecule has 0 spiro atoms. The molecule has 0 aliphatic rings. The van der Waals surface area contributed by atoms with Crippen molar-refractivity contribution in [3.63, 3.8) is 0 Å². The Morgan fingerprint density at radius 3 is 2.39 bits per heavy atom. The highest BCUT2D eigenvalue weighted by Gasteiger charge is 2.19. The smallest absolute Gasteiger partial charge is 0.137 e. The van der Waals surface area contributed by atoms with E-state index >= 15 is 0 Å². The molecule has 1 unspecified atom stereocenters. The Labute approximate surface area is 116 Å². The largest absolute Gasteiger partial charge is 0.383 e. The summed E-state index contributed by atoms with van der Waals surface area (Å²) in [6, 6.07) is 3.85. The molecule has 0 amide bonds. The van der Waals surface area contributed by atoms with Crippen molar-refractivity contribution in [1.29, 1.82) is 0 Å². The lowest BCUT2D eigenvalue weighted by Crippen LogP contribution is -2.02. The molecule has 1 heterocycles. The molecule has 0 fully saturated rings. The Hall–Kier alpha value is -0.780. The number of benzene rings is 1. The highest BCUT2D eigenvalue weighted by Crippen LogP contribution is 2.33. The SMILES string of the molecule is Cc1cc(C(O)c2cc(F)c(Br)cc2F)sc1C. The summed E-state index contributed by atoms with van der Waals surface area (Å²) in [7, 11) is 0. The minimum Gasteiger partial charge on any atom is -0.383 e. The average Bonchev–Trinajstić information content (AvgIpc) is 2.63. The molecule has 18 heavy (non-hydrogen) atoms. The van der Waals surface area contributed by atoms with Crippen LogP contribution in [0.4, 0.5) is 8.78 Å². The summed E-state index contributed by atoms with van der Waals surface area (Å²) < 4.78 is 27.2. The summed E-state index contributed by atoms with van der Waals surface area (Å²) >= 11 is 4.29. The molecular formula is C13H11BrF2OS. The van der Waals surface area contributed by atoms with E-state index in [1.165, 1.54) is 11.3 Å². The molecule has 0 aliphatic heterocycles. The normalized spacial score (nSPS) is 12.8. The van der Waals surface area contributed by atoms with Crippen LogP contribution in [-0.4, -0.2) is 5.11 Å². The minimum absolute atomic E-state index is 0.0445. The zero-order valence-corrected chi connectivity index (χ0v) is 12.2. The van der Waals surface area contributed by atoms with Crippen LogP contribution in [0.3, 0.4) is 0 Å². The molecule has 1 aromatic heterocycles. The molecule has 96 valence electrons. The summed E-state index contributed by atoms with van der Waals surface area (Å²) in [4.78, 5) is 1.67. The maximum absolute atomic E-state index is 13.7. The Kier molecular flexibility index (Phi) is 3.84. The first-order valence-electron chi connectivity index (χ1n) is 5.29. The van der Waals surface area contributed by atoms with E-state index in [4.69, 9.17) is 0 Å². The van der Waals surface area contributed by atoms with Gasteiger partial charge < -0.3 is 5.11 Å². The minimum atomic E-state index is -1.13. The van der Waals surface area contributed by atoms with Gasteiger partial charge in [0.1, 0.15) is 17.7 Å². The van der Waals surface area contributed by atoms with Gasteiger partial charge in [0.05, 0.1) is 4.47 Å². The molecule has 0 saturated heterocycles. The number of thiophene rings is 1. The van der Waals surface area contributed by atoms with Crippen LogP contribution in [0, 0.1) is 25.5 Å². The molecule has 0 saturated carbocycles. The van der Waals surface area contributed by atoms with E-state index in [2.05, 4.69) is 15.9 Å². The van der Waals surface area contributed by atoms with Gasteiger partial charge in [-0.25, -0.2) is 8.78 Å². The number of aliphatic hydroxyl groups excluding tert-OH is 1. The molecule has 2 rings (SSSR count). The molecule has 1 aromatic carbocycles. The van der Waals surface area contributed by atoms with E-state index < -0.39 is 17.7 Å². The van der Waals surface area contributed by atoms with Crippen molar-refractivity contribution >= 4 is 27.3 Å². The first-order chi connectivity index (χ1) is 8.40. The fourth-order valence-corrected chi connectivity index (χ4v) is 3.00. The lowest BCUT2D eigenvalue weighted by molar-refractivity contribution is 0.218. The third kappa shape index (κ3) is 2.48.